The van der Waals surface area contributed by atoms with E-state index in [1.807, 2.05) is 36.7 Å². The molecular formula is C22H24N4O3S. The number of hydrogen-bond acceptors (Lipinski definition) is 5. The Kier molecular flexibility index (Phi) is 5.98. The fraction of sp³-hybridized carbons (Fsp3) is 0.227. The van der Waals surface area contributed by atoms with Gasteiger partial charge in [-0.15, -0.1) is 0 Å². The maximum Gasteiger partial charge on any atom is 0.240 e. The lowest BCUT2D eigenvalue weighted by Crippen LogP contribution is -2.18. The second-order valence-electron chi connectivity index (χ2n) is 6.95. The summed E-state index contributed by atoms with van der Waals surface area (Å²) in [5, 5.41) is 3.40. The number of nitrogens with zero attached hydrogens (tertiary/aromatic N) is 2. The molecule has 4 rings (SSSR count). The minimum absolute atomic E-state index is 0.230. The summed E-state index contributed by atoms with van der Waals surface area (Å²) >= 11 is 0. The lowest BCUT2D eigenvalue weighted by molar-refractivity contribution is 0.485. The Hall–Kier alpha value is -2.94. The molecule has 0 fully saturated rings. The highest BCUT2D eigenvalue weighted by molar-refractivity contribution is 7.89. The first-order valence-electron chi connectivity index (χ1n) is 9.80. The molecule has 0 unspecified atom stereocenters. The standard InChI is InChI=1S/C22H24N4O3S/c1-23-30(27,28)19-10-7-17(8-11-19)22-12-9-18(29-22)15-24-13-4-14-26-16-25-20-5-2-3-6-21(20)26/h2-3,5-12,16,23-24H,4,13-15H2,1H3. The van der Waals surface area contributed by atoms with E-state index in [9.17, 15) is 8.42 Å². The predicted molar refractivity (Wildman–Crippen MR) is 116 cm³/mol. The third-order valence-electron chi connectivity index (χ3n) is 4.96. The molecule has 0 spiro atoms. The van der Waals surface area contributed by atoms with E-state index in [0.717, 1.165) is 41.9 Å². The second-order valence-corrected chi connectivity index (χ2v) is 8.84. The summed E-state index contributed by atoms with van der Waals surface area (Å²) in [5.74, 6) is 1.55. The fourth-order valence-corrected chi connectivity index (χ4v) is 4.05. The predicted octanol–water partition coefficient (Wildman–Crippen LogP) is 3.38. The molecular weight excluding hydrogens is 400 g/mol. The third-order valence-corrected chi connectivity index (χ3v) is 6.39. The number of furan rings is 1. The van der Waals surface area contributed by atoms with Crippen molar-refractivity contribution in [3.8, 4) is 11.3 Å². The lowest BCUT2D eigenvalue weighted by atomic mass is 10.2. The van der Waals surface area contributed by atoms with Gasteiger partial charge in [0, 0.05) is 12.1 Å². The largest absolute Gasteiger partial charge is 0.460 e. The second kappa shape index (κ2) is 8.83. The molecule has 4 aromatic rings. The summed E-state index contributed by atoms with van der Waals surface area (Å²) in [6, 6.07) is 18.6. The van der Waals surface area contributed by atoms with Gasteiger partial charge in [0.2, 0.25) is 10.0 Å². The molecule has 8 heteroatoms. The van der Waals surface area contributed by atoms with Crippen LogP contribution < -0.4 is 10.0 Å². The molecule has 0 radical (unpaired) electrons. The minimum Gasteiger partial charge on any atom is -0.460 e. The van der Waals surface area contributed by atoms with Crippen LogP contribution in [0.15, 0.2) is 76.3 Å². The van der Waals surface area contributed by atoms with Gasteiger partial charge in [-0.2, -0.15) is 0 Å². The van der Waals surface area contributed by atoms with Gasteiger partial charge >= 0.3 is 0 Å². The minimum atomic E-state index is -3.43. The van der Waals surface area contributed by atoms with Gasteiger partial charge in [0.1, 0.15) is 11.5 Å². The zero-order chi connectivity index (χ0) is 21.0. The molecule has 156 valence electrons. The van der Waals surface area contributed by atoms with Gasteiger partial charge in [-0.1, -0.05) is 12.1 Å². The first-order valence-corrected chi connectivity index (χ1v) is 11.3. The van der Waals surface area contributed by atoms with Crippen molar-refractivity contribution < 1.29 is 12.8 Å². The molecule has 0 saturated carbocycles. The van der Waals surface area contributed by atoms with Gasteiger partial charge in [-0.25, -0.2) is 18.1 Å². The summed E-state index contributed by atoms with van der Waals surface area (Å²) in [5.41, 5.74) is 3.01. The summed E-state index contributed by atoms with van der Waals surface area (Å²) in [6.07, 6.45) is 2.87. The summed E-state index contributed by atoms with van der Waals surface area (Å²) in [6.45, 7) is 2.40. The van der Waals surface area contributed by atoms with Crippen molar-refractivity contribution in [1.82, 2.24) is 19.6 Å². The number of sulfonamides is 1. The van der Waals surface area contributed by atoms with Crippen LogP contribution in [0.5, 0.6) is 0 Å². The summed E-state index contributed by atoms with van der Waals surface area (Å²) in [4.78, 5) is 4.64. The van der Waals surface area contributed by atoms with Crippen molar-refractivity contribution >= 4 is 21.1 Å². The van der Waals surface area contributed by atoms with Crippen LogP contribution in [0.25, 0.3) is 22.4 Å². The highest BCUT2D eigenvalue weighted by Crippen LogP contribution is 2.23. The first kappa shape index (κ1) is 20.3. The Balaban J connectivity index is 1.28. The molecule has 7 nitrogen and oxygen atoms in total. The van der Waals surface area contributed by atoms with Gasteiger partial charge in [-0.05, 0) is 68.5 Å². The van der Waals surface area contributed by atoms with Gasteiger partial charge in [0.25, 0.3) is 0 Å². The van der Waals surface area contributed by atoms with Crippen LogP contribution >= 0.6 is 0 Å². The molecule has 2 aromatic carbocycles. The van der Waals surface area contributed by atoms with Gasteiger partial charge in [-0.3, -0.25) is 0 Å². The highest BCUT2D eigenvalue weighted by Gasteiger charge is 2.12. The number of benzene rings is 2. The Labute approximate surface area is 175 Å². The number of hydrogen-bond donors (Lipinski definition) is 2. The first-order chi connectivity index (χ1) is 14.6. The Bertz CT molecular complexity index is 1230. The van der Waals surface area contributed by atoms with Crippen molar-refractivity contribution in [1.29, 1.82) is 0 Å². The SMILES string of the molecule is CNS(=O)(=O)c1ccc(-c2ccc(CNCCCn3cnc4ccccc43)o2)cc1. The topological polar surface area (TPSA) is 89.2 Å². The van der Waals surface area contributed by atoms with Crippen molar-refractivity contribution in [2.45, 2.75) is 24.4 Å². The van der Waals surface area contributed by atoms with E-state index < -0.39 is 10.0 Å². The summed E-state index contributed by atoms with van der Waals surface area (Å²) in [7, 11) is -2.04. The van der Waals surface area contributed by atoms with E-state index in [1.54, 1.807) is 24.3 Å². The lowest BCUT2D eigenvalue weighted by Gasteiger charge is -2.05. The normalized spacial score (nSPS) is 11.9. The number of para-hydroxylation sites is 2. The van der Waals surface area contributed by atoms with Crippen LogP contribution in [-0.4, -0.2) is 31.6 Å². The van der Waals surface area contributed by atoms with Gasteiger partial charge in [0.05, 0.1) is 28.8 Å². The molecule has 2 aromatic heterocycles. The average molecular weight is 425 g/mol. The summed E-state index contributed by atoms with van der Waals surface area (Å²) < 4.78 is 34.0. The van der Waals surface area contributed by atoms with E-state index in [1.165, 1.54) is 7.05 Å². The van der Waals surface area contributed by atoms with E-state index in [4.69, 9.17) is 4.42 Å². The zero-order valence-electron chi connectivity index (χ0n) is 16.7. The van der Waals surface area contributed by atoms with Gasteiger partial charge in [0.15, 0.2) is 0 Å². The molecule has 0 atom stereocenters. The molecule has 30 heavy (non-hydrogen) atoms. The Morgan fingerprint density at radius 3 is 2.63 bits per heavy atom. The highest BCUT2D eigenvalue weighted by atomic mass is 32.2. The van der Waals surface area contributed by atoms with Gasteiger partial charge < -0.3 is 14.3 Å². The molecule has 0 aliphatic carbocycles. The monoisotopic (exact) mass is 424 g/mol. The van der Waals surface area contributed by atoms with Crippen LogP contribution in [0, 0.1) is 0 Å². The Morgan fingerprint density at radius 1 is 1.03 bits per heavy atom. The van der Waals surface area contributed by atoms with Crippen LogP contribution in [0.4, 0.5) is 0 Å². The average Bonchev–Trinajstić information content (AvgIpc) is 3.41. The number of rotatable bonds is 9. The van der Waals surface area contributed by atoms with E-state index in [-0.39, 0.29) is 4.90 Å². The molecule has 2 N–H and O–H groups in total. The maximum absolute atomic E-state index is 11.8. The molecule has 0 bridgehead atoms. The number of fused-ring (bicyclic) bond motifs is 1. The third kappa shape index (κ3) is 4.46. The zero-order valence-corrected chi connectivity index (χ0v) is 17.5. The molecule has 2 heterocycles. The molecule has 0 saturated heterocycles. The van der Waals surface area contributed by atoms with Crippen LogP contribution in [0.1, 0.15) is 12.2 Å². The van der Waals surface area contributed by atoms with E-state index in [2.05, 4.69) is 25.7 Å². The Morgan fingerprint density at radius 2 is 1.83 bits per heavy atom. The van der Waals surface area contributed by atoms with Crippen molar-refractivity contribution in [2.24, 2.45) is 0 Å². The molecule has 0 aliphatic heterocycles. The number of aryl methyl sites for hydroxylation is 1. The van der Waals surface area contributed by atoms with Crippen LogP contribution in [0.3, 0.4) is 0 Å². The van der Waals surface area contributed by atoms with Crippen LogP contribution in [0.2, 0.25) is 0 Å². The molecule has 0 amide bonds. The maximum atomic E-state index is 11.8. The molecule has 0 aliphatic rings. The van der Waals surface area contributed by atoms with E-state index >= 15 is 0 Å². The smallest absolute Gasteiger partial charge is 0.240 e. The van der Waals surface area contributed by atoms with Crippen molar-refractivity contribution in [3.63, 3.8) is 0 Å². The van der Waals surface area contributed by atoms with Crippen molar-refractivity contribution in [3.05, 3.63) is 72.8 Å². The van der Waals surface area contributed by atoms with E-state index in [0.29, 0.717) is 12.3 Å². The number of imidazole rings is 1. The quantitative estimate of drug-likeness (QED) is 0.402. The number of nitrogens with one attached hydrogen (secondary N) is 2. The number of aromatic nitrogens is 2. The van der Waals surface area contributed by atoms with Crippen molar-refractivity contribution in [2.75, 3.05) is 13.6 Å². The van der Waals surface area contributed by atoms with Crippen LogP contribution in [-0.2, 0) is 23.1 Å². The fourth-order valence-electron chi connectivity index (χ4n) is 3.32.